The van der Waals surface area contributed by atoms with Gasteiger partial charge in [-0.15, -0.1) is 0 Å². The van der Waals surface area contributed by atoms with E-state index in [1.807, 2.05) is 0 Å². The van der Waals surface area contributed by atoms with Crippen molar-refractivity contribution in [1.82, 2.24) is 4.98 Å². The number of esters is 1. The topological polar surface area (TPSA) is 72.6 Å². The van der Waals surface area contributed by atoms with Gasteiger partial charge in [0.05, 0.1) is 18.1 Å². The summed E-state index contributed by atoms with van der Waals surface area (Å²) in [5, 5.41) is 10.3. The third kappa shape index (κ3) is 1.89. The molecule has 5 heteroatoms. The number of aromatic hydroxyl groups is 1. The highest BCUT2D eigenvalue weighted by atomic mass is 16.5. The van der Waals surface area contributed by atoms with E-state index >= 15 is 0 Å². The number of carbonyl (C=O) groups is 1. The number of fused-ring (bicyclic) bond motifs is 1. The van der Waals surface area contributed by atoms with E-state index in [0.29, 0.717) is 22.2 Å². The molecule has 2 aromatic heterocycles. The van der Waals surface area contributed by atoms with Crippen LogP contribution in [-0.2, 0) is 4.74 Å². The Balaban J connectivity index is 2.09. The lowest BCUT2D eigenvalue weighted by Gasteiger charge is -2.01. The fourth-order valence-electron chi connectivity index (χ4n) is 2.03. The Morgan fingerprint density at radius 2 is 2.00 bits per heavy atom. The molecule has 0 aliphatic rings. The summed E-state index contributed by atoms with van der Waals surface area (Å²) >= 11 is 0. The molecule has 3 aromatic rings. The van der Waals surface area contributed by atoms with Gasteiger partial charge in [-0.25, -0.2) is 4.79 Å². The summed E-state index contributed by atoms with van der Waals surface area (Å²) in [6.45, 7) is 0. The van der Waals surface area contributed by atoms with E-state index in [0.717, 1.165) is 5.56 Å². The minimum absolute atomic E-state index is 0.167. The first-order chi connectivity index (χ1) is 9.70. The van der Waals surface area contributed by atoms with Gasteiger partial charge in [0.15, 0.2) is 5.76 Å². The molecule has 1 N–H and O–H groups in total. The highest BCUT2D eigenvalue weighted by Crippen LogP contribution is 2.36. The third-order valence-electron chi connectivity index (χ3n) is 3.02. The number of hydrogen-bond acceptors (Lipinski definition) is 5. The standard InChI is InChI=1S/C15H11NO4/c1-19-14(17)10-6-4-9(5-7-10)13-12-11(15(18)20-13)3-2-8-16-12/h2-8,18H,1H3. The summed E-state index contributed by atoms with van der Waals surface area (Å²) in [5.74, 6) is -0.100. The number of carbonyl (C=O) groups excluding carboxylic acids is 1. The molecule has 100 valence electrons. The SMILES string of the molecule is COC(=O)c1ccc(-c2oc(O)c3cccnc23)cc1. The normalized spacial score (nSPS) is 10.7. The molecule has 0 spiro atoms. The maximum atomic E-state index is 11.4. The molecule has 20 heavy (non-hydrogen) atoms. The second-order valence-electron chi connectivity index (χ2n) is 4.20. The number of furan rings is 1. The lowest BCUT2D eigenvalue weighted by Crippen LogP contribution is -2.00. The van der Waals surface area contributed by atoms with E-state index in [1.54, 1.807) is 42.6 Å². The minimum Gasteiger partial charge on any atom is -0.480 e. The van der Waals surface area contributed by atoms with Crippen LogP contribution in [0.4, 0.5) is 0 Å². The summed E-state index contributed by atoms with van der Waals surface area (Å²) in [6.07, 6.45) is 1.63. The predicted molar refractivity (Wildman–Crippen MR) is 72.4 cm³/mol. The van der Waals surface area contributed by atoms with Crippen LogP contribution in [0.1, 0.15) is 10.4 Å². The summed E-state index contributed by atoms with van der Waals surface area (Å²) in [5.41, 5.74) is 1.75. The lowest BCUT2D eigenvalue weighted by molar-refractivity contribution is 0.0600. The summed E-state index contributed by atoms with van der Waals surface area (Å²) < 4.78 is 10.00. The zero-order valence-corrected chi connectivity index (χ0v) is 10.7. The van der Waals surface area contributed by atoms with Gasteiger partial charge in [-0.3, -0.25) is 4.98 Å². The number of pyridine rings is 1. The maximum Gasteiger partial charge on any atom is 0.337 e. The van der Waals surface area contributed by atoms with Crippen molar-refractivity contribution < 1.29 is 19.1 Å². The van der Waals surface area contributed by atoms with Crippen molar-refractivity contribution in [3.8, 4) is 17.3 Å². The molecule has 0 radical (unpaired) electrons. The average molecular weight is 269 g/mol. The first-order valence-electron chi connectivity index (χ1n) is 5.96. The molecule has 0 bridgehead atoms. The Morgan fingerprint density at radius 3 is 2.70 bits per heavy atom. The van der Waals surface area contributed by atoms with Crippen molar-refractivity contribution in [2.24, 2.45) is 0 Å². The van der Waals surface area contributed by atoms with E-state index in [4.69, 9.17) is 4.42 Å². The molecule has 0 saturated carbocycles. The Labute approximate surface area is 114 Å². The summed E-state index contributed by atoms with van der Waals surface area (Å²) in [4.78, 5) is 15.6. The average Bonchev–Trinajstić information content (AvgIpc) is 2.84. The molecule has 0 saturated heterocycles. The van der Waals surface area contributed by atoms with Crippen LogP contribution in [0.15, 0.2) is 47.0 Å². The summed E-state index contributed by atoms with van der Waals surface area (Å²) in [7, 11) is 1.33. The molecule has 0 aliphatic carbocycles. The van der Waals surface area contributed by atoms with Gasteiger partial charge in [0.1, 0.15) is 5.52 Å². The maximum absolute atomic E-state index is 11.4. The van der Waals surface area contributed by atoms with Crippen molar-refractivity contribution in [1.29, 1.82) is 0 Å². The van der Waals surface area contributed by atoms with Crippen molar-refractivity contribution in [3.05, 3.63) is 48.2 Å². The van der Waals surface area contributed by atoms with Crippen LogP contribution in [-0.4, -0.2) is 23.2 Å². The third-order valence-corrected chi connectivity index (χ3v) is 3.02. The van der Waals surface area contributed by atoms with Gasteiger partial charge in [0.25, 0.3) is 5.95 Å². The fraction of sp³-hybridized carbons (Fsp3) is 0.0667. The first-order valence-corrected chi connectivity index (χ1v) is 5.96. The number of hydrogen-bond donors (Lipinski definition) is 1. The van der Waals surface area contributed by atoms with Gasteiger partial charge < -0.3 is 14.3 Å². The molecule has 0 unspecified atom stereocenters. The van der Waals surface area contributed by atoms with E-state index in [2.05, 4.69) is 9.72 Å². The molecule has 0 atom stereocenters. The van der Waals surface area contributed by atoms with E-state index in [-0.39, 0.29) is 5.95 Å². The van der Waals surface area contributed by atoms with E-state index in [1.165, 1.54) is 7.11 Å². The molecular weight excluding hydrogens is 258 g/mol. The zero-order chi connectivity index (χ0) is 14.1. The Kier molecular flexibility index (Phi) is 2.87. The smallest absolute Gasteiger partial charge is 0.337 e. The first kappa shape index (κ1) is 12.2. The van der Waals surface area contributed by atoms with Gasteiger partial charge in [-0.05, 0) is 24.3 Å². The van der Waals surface area contributed by atoms with Crippen LogP contribution in [0.5, 0.6) is 5.95 Å². The minimum atomic E-state index is -0.401. The van der Waals surface area contributed by atoms with Gasteiger partial charge in [-0.1, -0.05) is 12.1 Å². The van der Waals surface area contributed by atoms with Crippen molar-refractivity contribution in [2.45, 2.75) is 0 Å². The van der Waals surface area contributed by atoms with Crippen LogP contribution < -0.4 is 0 Å². The van der Waals surface area contributed by atoms with Crippen LogP contribution in [0, 0.1) is 0 Å². The van der Waals surface area contributed by atoms with Crippen molar-refractivity contribution in [2.75, 3.05) is 7.11 Å². The molecule has 3 rings (SSSR count). The van der Waals surface area contributed by atoms with E-state index in [9.17, 15) is 9.90 Å². The van der Waals surface area contributed by atoms with Crippen molar-refractivity contribution >= 4 is 16.9 Å². The second kappa shape index (κ2) is 4.70. The Bertz CT molecular complexity index is 774. The second-order valence-corrected chi connectivity index (χ2v) is 4.20. The molecule has 2 heterocycles. The molecule has 1 aromatic carbocycles. The molecule has 5 nitrogen and oxygen atoms in total. The van der Waals surface area contributed by atoms with E-state index < -0.39 is 5.97 Å². The highest BCUT2D eigenvalue weighted by molar-refractivity contribution is 5.95. The number of benzene rings is 1. The van der Waals surface area contributed by atoms with Crippen molar-refractivity contribution in [3.63, 3.8) is 0 Å². The van der Waals surface area contributed by atoms with Crippen LogP contribution in [0.2, 0.25) is 0 Å². The monoisotopic (exact) mass is 269 g/mol. The lowest BCUT2D eigenvalue weighted by atomic mass is 10.1. The van der Waals surface area contributed by atoms with Gasteiger partial charge in [0, 0.05) is 11.8 Å². The largest absolute Gasteiger partial charge is 0.480 e. The quantitative estimate of drug-likeness (QED) is 0.724. The van der Waals surface area contributed by atoms with Gasteiger partial charge in [-0.2, -0.15) is 0 Å². The Morgan fingerprint density at radius 1 is 1.25 bits per heavy atom. The summed E-state index contributed by atoms with van der Waals surface area (Å²) in [6, 6.07) is 10.2. The Hall–Kier alpha value is -2.82. The number of aromatic nitrogens is 1. The number of ether oxygens (including phenoxy) is 1. The fourth-order valence-corrected chi connectivity index (χ4v) is 2.03. The highest BCUT2D eigenvalue weighted by Gasteiger charge is 2.15. The van der Waals surface area contributed by atoms with Crippen LogP contribution in [0.25, 0.3) is 22.2 Å². The number of nitrogens with zero attached hydrogens (tertiary/aromatic N) is 1. The predicted octanol–water partition coefficient (Wildman–Crippen LogP) is 2.99. The van der Waals surface area contributed by atoms with Crippen LogP contribution in [0.3, 0.4) is 0 Å². The van der Waals surface area contributed by atoms with Crippen LogP contribution >= 0.6 is 0 Å². The molecular formula is C15H11NO4. The van der Waals surface area contributed by atoms with Gasteiger partial charge in [0.2, 0.25) is 0 Å². The molecule has 0 aliphatic heterocycles. The number of methoxy groups -OCH3 is 1. The zero-order valence-electron chi connectivity index (χ0n) is 10.7. The number of rotatable bonds is 2. The van der Waals surface area contributed by atoms with Gasteiger partial charge >= 0.3 is 5.97 Å². The molecule has 0 amide bonds. The molecule has 0 fully saturated rings.